The molecular weight excluding hydrogens is 230 g/mol. The summed E-state index contributed by atoms with van der Waals surface area (Å²) >= 11 is 0. The van der Waals surface area contributed by atoms with Crippen molar-refractivity contribution in [3.63, 3.8) is 0 Å². The lowest BCUT2D eigenvalue weighted by Gasteiger charge is -2.11. The zero-order valence-electron chi connectivity index (χ0n) is 10.6. The van der Waals surface area contributed by atoms with Gasteiger partial charge in [0.2, 0.25) is 0 Å². The highest BCUT2D eigenvalue weighted by molar-refractivity contribution is 5.58. The van der Waals surface area contributed by atoms with Crippen LogP contribution in [0.1, 0.15) is 6.92 Å². The van der Waals surface area contributed by atoms with Crippen molar-refractivity contribution in [1.29, 1.82) is 0 Å². The second-order valence-corrected chi connectivity index (χ2v) is 4.37. The Morgan fingerprint density at radius 3 is 2.72 bits per heavy atom. The number of nitrogens with zero attached hydrogens (tertiary/aromatic N) is 4. The molecule has 1 aromatic heterocycles. The standard InChI is InChI=1S/C12H17N5O/c1-9(8-18-2)7-17-12(14-15-16-17)10-3-5-11(13)6-4-10/h3-6,9H,7-8,13H2,1-2H3. The highest BCUT2D eigenvalue weighted by atomic mass is 16.5. The van der Waals surface area contributed by atoms with Gasteiger partial charge in [-0.15, -0.1) is 5.10 Å². The summed E-state index contributed by atoms with van der Waals surface area (Å²) in [7, 11) is 1.69. The summed E-state index contributed by atoms with van der Waals surface area (Å²) < 4.78 is 6.90. The number of aromatic nitrogens is 4. The van der Waals surface area contributed by atoms with Crippen molar-refractivity contribution >= 4 is 5.69 Å². The quantitative estimate of drug-likeness (QED) is 0.803. The Bertz CT molecular complexity index is 493. The van der Waals surface area contributed by atoms with Gasteiger partial charge in [0.25, 0.3) is 0 Å². The van der Waals surface area contributed by atoms with Crippen LogP contribution in [0.25, 0.3) is 11.4 Å². The molecule has 0 spiro atoms. The molecule has 1 unspecified atom stereocenters. The molecule has 0 fully saturated rings. The van der Waals surface area contributed by atoms with Crippen molar-refractivity contribution in [2.75, 3.05) is 19.5 Å². The molecular formula is C12H17N5O. The van der Waals surface area contributed by atoms with E-state index in [4.69, 9.17) is 10.5 Å². The van der Waals surface area contributed by atoms with Gasteiger partial charge in [-0.3, -0.25) is 0 Å². The van der Waals surface area contributed by atoms with Crippen LogP contribution in [0.5, 0.6) is 0 Å². The number of ether oxygens (including phenoxy) is 1. The molecule has 96 valence electrons. The van der Waals surface area contributed by atoms with Crippen LogP contribution in [0.3, 0.4) is 0 Å². The zero-order chi connectivity index (χ0) is 13.0. The molecule has 0 aliphatic rings. The molecule has 6 nitrogen and oxygen atoms in total. The predicted octanol–water partition coefficient (Wildman–Crippen LogP) is 1.20. The molecule has 2 N–H and O–H groups in total. The number of nitrogens with two attached hydrogens (primary N) is 1. The Kier molecular flexibility index (Phi) is 3.88. The zero-order valence-corrected chi connectivity index (χ0v) is 10.6. The topological polar surface area (TPSA) is 78.8 Å². The molecule has 1 atom stereocenters. The molecule has 0 saturated heterocycles. The minimum Gasteiger partial charge on any atom is -0.399 e. The summed E-state index contributed by atoms with van der Waals surface area (Å²) in [6.07, 6.45) is 0. The normalized spacial score (nSPS) is 12.6. The van der Waals surface area contributed by atoms with Crippen LogP contribution in [0.4, 0.5) is 5.69 Å². The average molecular weight is 247 g/mol. The molecule has 0 aliphatic carbocycles. The predicted molar refractivity (Wildman–Crippen MR) is 68.7 cm³/mol. The lowest BCUT2D eigenvalue weighted by Crippen LogP contribution is -2.14. The number of tetrazole rings is 1. The van der Waals surface area contributed by atoms with Gasteiger partial charge >= 0.3 is 0 Å². The summed E-state index contributed by atoms with van der Waals surface area (Å²) in [5.74, 6) is 1.10. The molecule has 2 aromatic rings. The minimum atomic E-state index is 0.353. The van der Waals surface area contributed by atoms with E-state index in [1.807, 2.05) is 24.3 Å². The highest BCUT2D eigenvalue weighted by Gasteiger charge is 2.11. The summed E-state index contributed by atoms with van der Waals surface area (Å²) in [5.41, 5.74) is 7.35. The van der Waals surface area contributed by atoms with Gasteiger partial charge in [0.15, 0.2) is 5.82 Å². The van der Waals surface area contributed by atoms with Crippen molar-refractivity contribution in [2.24, 2.45) is 5.92 Å². The lowest BCUT2D eigenvalue weighted by atomic mass is 10.1. The van der Waals surface area contributed by atoms with E-state index < -0.39 is 0 Å². The van der Waals surface area contributed by atoms with E-state index >= 15 is 0 Å². The van der Waals surface area contributed by atoms with E-state index in [-0.39, 0.29) is 0 Å². The monoisotopic (exact) mass is 247 g/mol. The molecule has 0 saturated carbocycles. The number of methoxy groups -OCH3 is 1. The van der Waals surface area contributed by atoms with Gasteiger partial charge in [0.1, 0.15) is 0 Å². The fourth-order valence-corrected chi connectivity index (χ4v) is 1.80. The van der Waals surface area contributed by atoms with E-state index in [1.165, 1.54) is 0 Å². The number of rotatable bonds is 5. The van der Waals surface area contributed by atoms with Crippen molar-refractivity contribution in [1.82, 2.24) is 20.2 Å². The number of benzene rings is 1. The van der Waals surface area contributed by atoms with Crippen LogP contribution in [0, 0.1) is 5.92 Å². The molecule has 0 radical (unpaired) electrons. The van der Waals surface area contributed by atoms with Gasteiger partial charge in [-0.05, 0) is 40.6 Å². The van der Waals surface area contributed by atoms with Gasteiger partial charge in [-0.2, -0.15) is 0 Å². The molecule has 1 aromatic carbocycles. The Hall–Kier alpha value is -1.95. The minimum absolute atomic E-state index is 0.353. The van der Waals surface area contributed by atoms with Crippen molar-refractivity contribution < 1.29 is 4.74 Å². The first kappa shape index (κ1) is 12.5. The van der Waals surface area contributed by atoms with Crippen LogP contribution >= 0.6 is 0 Å². The van der Waals surface area contributed by atoms with Gasteiger partial charge in [-0.25, -0.2) is 4.68 Å². The second-order valence-electron chi connectivity index (χ2n) is 4.37. The summed E-state index contributed by atoms with van der Waals surface area (Å²) in [4.78, 5) is 0. The Morgan fingerprint density at radius 1 is 1.33 bits per heavy atom. The molecule has 6 heteroatoms. The van der Waals surface area contributed by atoms with E-state index in [1.54, 1.807) is 11.8 Å². The van der Waals surface area contributed by atoms with Gasteiger partial charge in [0, 0.05) is 24.9 Å². The van der Waals surface area contributed by atoms with E-state index in [0.717, 1.165) is 23.6 Å². The van der Waals surface area contributed by atoms with E-state index in [0.29, 0.717) is 12.5 Å². The van der Waals surface area contributed by atoms with Gasteiger partial charge in [0.05, 0.1) is 6.61 Å². The molecule has 0 bridgehead atoms. The summed E-state index contributed by atoms with van der Waals surface area (Å²) in [6.45, 7) is 3.50. The molecule has 0 amide bonds. The number of anilines is 1. The Labute approximate surface area is 106 Å². The van der Waals surface area contributed by atoms with Crippen molar-refractivity contribution in [3.05, 3.63) is 24.3 Å². The maximum Gasteiger partial charge on any atom is 0.182 e. The Balaban J connectivity index is 2.19. The first-order valence-electron chi connectivity index (χ1n) is 5.81. The average Bonchev–Trinajstić information content (AvgIpc) is 2.78. The van der Waals surface area contributed by atoms with Crippen molar-refractivity contribution in [3.8, 4) is 11.4 Å². The maximum atomic E-state index is 5.66. The fourth-order valence-electron chi connectivity index (χ4n) is 1.80. The smallest absolute Gasteiger partial charge is 0.182 e. The largest absolute Gasteiger partial charge is 0.399 e. The molecule has 1 heterocycles. The van der Waals surface area contributed by atoms with Crippen LogP contribution in [0.15, 0.2) is 24.3 Å². The first-order valence-corrected chi connectivity index (χ1v) is 5.81. The summed E-state index contributed by atoms with van der Waals surface area (Å²) in [5, 5.41) is 11.8. The lowest BCUT2D eigenvalue weighted by molar-refractivity contribution is 0.149. The van der Waals surface area contributed by atoms with E-state index in [2.05, 4.69) is 22.4 Å². The number of nitrogen functional groups attached to an aromatic ring is 1. The van der Waals surface area contributed by atoms with Gasteiger partial charge in [-0.1, -0.05) is 6.92 Å². The number of hydrogen-bond donors (Lipinski definition) is 1. The van der Waals surface area contributed by atoms with Crippen LogP contribution in [0.2, 0.25) is 0 Å². The first-order chi connectivity index (χ1) is 8.70. The van der Waals surface area contributed by atoms with Crippen LogP contribution in [-0.4, -0.2) is 33.9 Å². The van der Waals surface area contributed by atoms with Crippen LogP contribution in [-0.2, 0) is 11.3 Å². The SMILES string of the molecule is COCC(C)Cn1nnnc1-c1ccc(N)cc1. The third kappa shape index (κ3) is 2.84. The third-order valence-corrected chi connectivity index (χ3v) is 2.64. The van der Waals surface area contributed by atoms with Crippen molar-refractivity contribution in [2.45, 2.75) is 13.5 Å². The maximum absolute atomic E-state index is 5.66. The number of hydrogen-bond acceptors (Lipinski definition) is 5. The molecule has 18 heavy (non-hydrogen) atoms. The molecule has 0 aliphatic heterocycles. The Morgan fingerprint density at radius 2 is 2.06 bits per heavy atom. The van der Waals surface area contributed by atoms with Crippen LogP contribution < -0.4 is 5.73 Å². The summed E-state index contributed by atoms with van der Waals surface area (Å²) in [6, 6.07) is 7.51. The fraction of sp³-hybridized carbons (Fsp3) is 0.417. The molecule has 2 rings (SSSR count). The highest BCUT2D eigenvalue weighted by Crippen LogP contribution is 2.18. The third-order valence-electron chi connectivity index (χ3n) is 2.64. The van der Waals surface area contributed by atoms with Gasteiger partial charge < -0.3 is 10.5 Å². The van der Waals surface area contributed by atoms with E-state index in [9.17, 15) is 0 Å². The second kappa shape index (κ2) is 5.59.